The third-order valence-corrected chi connectivity index (χ3v) is 5.71. The fraction of sp³-hybridized carbons (Fsp3) is 1.00. The Morgan fingerprint density at radius 3 is 2.69 bits per heavy atom. The highest BCUT2D eigenvalue weighted by Crippen LogP contribution is 2.36. The molecule has 2 saturated heterocycles. The molecular weight excluding hydrogens is 230 g/mol. The van der Waals surface area contributed by atoms with Crippen molar-refractivity contribution in [3.63, 3.8) is 0 Å². The molecule has 0 aromatic carbocycles. The van der Waals surface area contributed by atoms with Gasteiger partial charge in [-0.2, -0.15) is 4.31 Å². The first-order chi connectivity index (χ1) is 7.38. The predicted molar refractivity (Wildman–Crippen MR) is 59.6 cm³/mol. The maximum atomic E-state index is 12.0. The van der Waals surface area contributed by atoms with Crippen molar-refractivity contribution in [1.29, 1.82) is 0 Å². The molecule has 0 radical (unpaired) electrons. The van der Waals surface area contributed by atoms with Gasteiger partial charge in [0.1, 0.15) is 5.60 Å². The number of aliphatic hydroxyl groups is 1. The van der Waals surface area contributed by atoms with Crippen LogP contribution in [0.4, 0.5) is 0 Å². The summed E-state index contributed by atoms with van der Waals surface area (Å²) >= 11 is 0. The monoisotopic (exact) mass is 249 g/mol. The second-order valence-corrected chi connectivity index (χ2v) is 7.41. The lowest BCUT2D eigenvalue weighted by molar-refractivity contribution is -0.0586. The van der Waals surface area contributed by atoms with Crippen LogP contribution in [0.5, 0.6) is 0 Å². The Labute approximate surface area is 96.4 Å². The maximum Gasteiger partial charge on any atom is 0.216 e. The Morgan fingerprint density at radius 2 is 2.19 bits per heavy atom. The third-order valence-electron chi connectivity index (χ3n) is 3.52. The molecule has 6 heteroatoms. The molecule has 16 heavy (non-hydrogen) atoms. The van der Waals surface area contributed by atoms with E-state index in [1.807, 2.05) is 0 Å². The van der Waals surface area contributed by atoms with Crippen LogP contribution in [0, 0.1) is 0 Å². The Morgan fingerprint density at radius 1 is 1.50 bits per heavy atom. The Kier molecular flexibility index (Phi) is 3.03. The molecular formula is C10H19NO4S. The van der Waals surface area contributed by atoms with E-state index in [-0.39, 0.29) is 6.54 Å². The van der Waals surface area contributed by atoms with E-state index in [1.165, 1.54) is 4.31 Å². The lowest BCUT2D eigenvalue weighted by Crippen LogP contribution is -2.41. The number of nitrogens with zero attached hydrogens (tertiary/aromatic N) is 1. The molecule has 1 N–H and O–H groups in total. The van der Waals surface area contributed by atoms with E-state index in [0.29, 0.717) is 13.2 Å². The molecule has 2 heterocycles. The summed E-state index contributed by atoms with van der Waals surface area (Å²) in [5.41, 5.74) is -0.637. The van der Waals surface area contributed by atoms with Gasteiger partial charge in [-0.3, -0.25) is 0 Å². The standard InChI is InChI=1S/C10H19NO4S/c1-8(2)16(13,14)11-6-9(12)10(7-11)4-3-5-15-10/h8-9,12H,3-7H2,1-2H3/t9-,10-/m0/s1. The van der Waals surface area contributed by atoms with Gasteiger partial charge in [0, 0.05) is 19.7 Å². The number of β-amino-alcohol motifs (C(OH)–C–C–N with tert-alkyl or cyclic N) is 1. The van der Waals surface area contributed by atoms with Crippen molar-refractivity contribution in [3.05, 3.63) is 0 Å². The van der Waals surface area contributed by atoms with Crippen LogP contribution < -0.4 is 0 Å². The summed E-state index contributed by atoms with van der Waals surface area (Å²) in [6.45, 7) is 4.40. The van der Waals surface area contributed by atoms with Gasteiger partial charge in [-0.25, -0.2) is 8.42 Å². The number of sulfonamides is 1. The minimum absolute atomic E-state index is 0.167. The highest BCUT2D eigenvalue weighted by molar-refractivity contribution is 7.89. The van der Waals surface area contributed by atoms with E-state index in [4.69, 9.17) is 4.74 Å². The zero-order valence-corrected chi connectivity index (χ0v) is 10.5. The van der Waals surface area contributed by atoms with Gasteiger partial charge >= 0.3 is 0 Å². The Bertz CT molecular complexity index is 359. The van der Waals surface area contributed by atoms with E-state index in [0.717, 1.165) is 12.8 Å². The fourth-order valence-electron chi connectivity index (χ4n) is 2.43. The predicted octanol–water partition coefficient (Wildman–Crippen LogP) is -0.0497. The van der Waals surface area contributed by atoms with Gasteiger partial charge in [0.15, 0.2) is 0 Å². The number of ether oxygens (including phenoxy) is 1. The highest BCUT2D eigenvalue weighted by Gasteiger charge is 2.52. The summed E-state index contributed by atoms with van der Waals surface area (Å²) in [6.07, 6.45) is 0.953. The van der Waals surface area contributed by atoms with Crippen molar-refractivity contribution < 1.29 is 18.3 Å². The van der Waals surface area contributed by atoms with Crippen molar-refractivity contribution in [2.24, 2.45) is 0 Å². The maximum absolute atomic E-state index is 12.0. The second kappa shape index (κ2) is 3.94. The first-order valence-corrected chi connectivity index (χ1v) is 7.20. The molecule has 1 spiro atoms. The van der Waals surface area contributed by atoms with Crippen molar-refractivity contribution in [3.8, 4) is 0 Å². The summed E-state index contributed by atoms with van der Waals surface area (Å²) in [7, 11) is -3.28. The van der Waals surface area contributed by atoms with Crippen molar-refractivity contribution in [1.82, 2.24) is 4.31 Å². The van der Waals surface area contributed by atoms with Crippen LogP contribution in [0.25, 0.3) is 0 Å². The first kappa shape index (κ1) is 12.3. The molecule has 0 aromatic heterocycles. The van der Waals surface area contributed by atoms with Crippen molar-refractivity contribution in [2.45, 2.75) is 43.6 Å². The van der Waals surface area contributed by atoms with Crippen molar-refractivity contribution >= 4 is 10.0 Å². The van der Waals surface area contributed by atoms with Gasteiger partial charge in [-0.05, 0) is 26.7 Å². The Hall–Kier alpha value is -0.170. The lowest BCUT2D eigenvalue weighted by atomic mass is 9.97. The van der Waals surface area contributed by atoms with Crippen LogP contribution in [0.3, 0.4) is 0 Å². The molecule has 5 nitrogen and oxygen atoms in total. The van der Waals surface area contributed by atoms with Crippen LogP contribution in [0.15, 0.2) is 0 Å². The van der Waals surface area contributed by atoms with E-state index in [9.17, 15) is 13.5 Å². The first-order valence-electron chi connectivity index (χ1n) is 5.69. The van der Waals surface area contributed by atoms with Gasteiger partial charge < -0.3 is 9.84 Å². The van der Waals surface area contributed by atoms with E-state index < -0.39 is 27.0 Å². The largest absolute Gasteiger partial charge is 0.389 e. The molecule has 2 aliphatic heterocycles. The summed E-state index contributed by atoms with van der Waals surface area (Å²) < 4.78 is 30.9. The van der Waals surface area contributed by atoms with Gasteiger partial charge in [0.05, 0.1) is 11.4 Å². The van der Waals surface area contributed by atoms with E-state index >= 15 is 0 Å². The quantitative estimate of drug-likeness (QED) is 0.745. The number of hydrogen-bond donors (Lipinski definition) is 1. The summed E-state index contributed by atoms with van der Waals surface area (Å²) in [4.78, 5) is 0. The van der Waals surface area contributed by atoms with Crippen LogP contribution in [-0.2, 0) is 14.8 Å². The lowest BCUT2D eigenvalue weighted by Gasteiger charge is -2.25. The average molecular weight is 249 g/mol. The van der Waals surface area contributed by atoms with Gasteiger partial charge in [-0.1, -0.05) is 0 Å². The van der Waals surface area contributed by atoms with Gasteiger partial charge in [0.25, 0.3) is 0 Å². The number of hydrogen-bond acceptors (Lipinski definition) is 4. The summed E-state index contributed by atoms with van der Waals surface area (Å²) in [5, 5.41) is 9.52. The topological polar surface area (TPSA) is 66.8 Å². The molecule has 2 fully saturated rings. The number of rotatable bonds is 2. The third kappa shape index (κ3) is 1.77. The van der Waals surface area contributed by atoms with E-state index in [2.05, 4.69) is 0 Å². The van der Waals surface area contributed by atoms with Gasteiger partial charge in [0.2, 0.25) is 10.0 Å². The zero-order chi connectivity index (χ0) is 12.0. The fourth-order valence-corrected chi connectivity index (χ4v) is 3.77. The molecule has 0 aliphatic carbocycles. The molecule has 0 amide bonds. The second-order valence-electron chi connectivity index (χ2n) is 4.92. The Balaban J connectivity index is 2.18. The zero-order valence-electron chi connectivity index (χ0n) is 9.72. The van der Waals surface area contributed by atoms with Crippen LogP contribution in [0.1, 0.15) is 26.7 Å². The van der Waals surface area contributed by atoms with Gasteiger partial charge in [-0.15, -0.1) is 0 Å². The van der Waals surface area contributed by atoms with Crippen LogP contribution >= 0.6 is 0 Å². The molecule has 0 bridgehead atoms. The normalized spacial score (nSPS) is 36.6. The van der Waals surface area contributed by atoms with E-state index in [1.54, 1.807) is 13.8 Å². The smallest absolute Gasteiger partial charge is 0.216 e. The minimum atomic E-state index is -3.28. The molecule has 94 valence electrons. The minimum Gasteiger partial charge on any atom is -0.389 e. The average Bonchev–Trinajstić information content (AvgIpc) is 2.77. The van der Waals surface area contributed by atoms with Crippen LogP contribution in [0.2, 0.25) is 0 Å². The highest BCUT2D eigenvalue weighted by atomic mass is 32.2. The van der Waals surface area contributed by atoms with Crippen molar-refractivity contribution in [2.75, 3.05) is 19.7 Å². The summed E-state index contributed by atoms with van der Waals surface area (Å²) in [5.74, 6) is 0. The summed E-state index contributed by atoms with van der Waals surface area (Å²) in [6, 6.07) is 0. The van der Waals surface area contributed by atoms with Crippen LogP contribution in [-0.4, -0.2) is 54.5 Å². The molecule has 2 atom stereocenters. The molecule has 2 rings (SSSR count). The molecule has 0 saturated carbocycles. The number of aliphatic hydroxyl groups excluding tert-OH is 1. The molecule has 0 unspecified atom stereocenters. The molecule has 2 aliphatic rings. The molecule has 0 aromatic rings. The SMILES string of the molecule is CC(C)S(=O)(=O)N1C[C@H](O)[C@]2(CCCO2)C1.